The molecule has 0 atom stereocenters. The van der Waals surface area contributed by atoms with Crippen molar-refractivity contribution >= 4 is 17.4 Å². The Labute approximate surface area is 122 Å². The molecule has 21 heavy (non-hydrogen) atoms. The van der Waals surface area contributed by atoms with Gasteiger partial charge in [0.15, 0.2) is 0 Å². The van der Waals surface area contributed by atoms with Crippen LogP contribution in [-0.2, 0) is 0 Å². The first-order valence-electron chi connectivity index (χ1n) is 6.52. The van der Waals surface area contributed by atoms with Gasteiger partial charge in [0.05, 0.1) is 24.1 Å². The zero-order valence-electron chi connectivity index (χ0n) is 11.8. The molecule has 110 valence electrons. The molecule has 0 saturated carbocycles. The Hall–Kier alpha value is -2.63. The summed E-state index contributed by atoms with van der Waals surface area (Å²) in [6.07, 6.45) is 1.05. The second-order valence-corrected chi connectivity index (χ2v) is 4.18. The van der Waals surface area contributed by atoms with Crippen LogP contribution in [0.1, 0.15) is 17.3 Å². The number of rotatable bonds is 5. The van der Waals surface area contributed by atoms with Crippen molar-refractivity contribution in [2.75, 3.05) is 24.3 Å². The van der Waals surface area contributed by atoms with Gasteiger partial charge in [0.2, 0.25) is 0 Å². The lowest BCUT2D eigenvalue weighted by Crippen LogP contribution is -2.16. The molecule has 0 unspecified atom stereocenters. The van der Waals surface area contributed by atoms with Gasteiger partial charge in [-0.2, -0.15) is 0 Å². The van der Waals surface area contributed by atoms with Crippen molar-refractivity contribution in [2.24, 2.45) is 0 Å². The number of hydrogen-bond acceptors (Lipinski definition) is 4. The molecule has 2 aromatic rings. The number of hydrogen-bond donors (Lipinski definition) is 2. The molecule has 0 aliphatic heterocycles. The second-order valence-electron chi connectivity index (χ2n) is 4.18. The van der Waals surface area contributed by atoms with Crippen LogP contribution in [0.3, 0.4) is 0 Å². The molecule has 1 aromatic carbocycles. The highest BCUT2D eigenvalue weighted by Gasteiger charge is 2.15. The van der Waals surface area contributed by atoms with E-state index in [9.17, 15) is 9.18 Å². The number of pyridine rings is 1. The van der Waals surface area contributed by atoms with Crippen LogP contribution in [0.4, 0.5) is 15.9 Å². The SMILES string of the molecule is CCOc1ccccc1NC(=O)c1cc(F)cnc1NC. The Bertz CT molecular complexity index is 647. The maximum Gasteiger partial charge on any atom is 0.259 e. The van der Waals surface area contributed by atoms with E-state index in [1.54, 1.807) is 25.2 Å². The van der Waals surface area contributed by atoms with Crippen LogP contribution in [0.25, 0.3) is 0 Å². The number of ether oxygens (including phenoxy) is 1. The predicted molar refractivity (Wildman–Crippen MR) is 79.3 cm³/mol. The van der Waals surface area contributed by atoms with E-state index in [0.29, 0.717) is 23.9 Å². The van der Waals surface area contributed by atoms with Gasteiger partial charge in [-0.3, -0.25) is 4.79 Å². The molecule has 2 rings (SSSR count). The Morgan fingerprint density at radius 2 is 2.14 bits per heavy atom. The van der Waals surface area contributed by atoms with E-state index in [0.717, 1.165) is 12.3 Å². The molecule has 1 amide bonds. The van der Waals surface area contributed by atoms with Gasteiger partial charge in [-0.25, -0.2) is 9.37 Å². The van der Waals surface area contributed by atoms with Crippen molar-refractivity contribution in [3.05, 3.63) is 47.9 Å². The summed E-state index contributed by atoms with van der Waals surface area (Å²) in [5.41, 5.74) is 0.652. The van der Waals surface area contributed by atoms with Gasteiger partial charge in [-0.05, 0) is 25.1 Å². The highest BCUT2D eigenvalue weighted by atomic mass is 19.1. The summed E-state index contributed by atoms with van der Waals surface area (Å²) >= 11 is 0. The molecule has 0 aliphatic carbocycles. The minimum absolute atomic E-state index is 0.129. The number of amides is 1. The van der Waals surface area contributed by atoms with Gasteiger partial charge in [0.1, 0.15) is 17.4 Å². The number of aromatic nitrogens is 1. The molecule has 1 aromatic heterocycles. The first kappa shape index (κ1) is 14.8. The summed E-state index contributed by atoms with van der Waals surface area (Å²) in [6.45, 7) is 2.34. The Morgan fingerprint density at radius 3 is 2.86 bits per heavy atom. The minimum atomic E-state index is -0.572. The van der Waals surface area contributed by atoms with Crippen LogP contribution in [0.15, 0.2) is 36.5 Å². The van der Waals surface area contributed by atoms with E-state index in [1.807, 2.05) is 13.0 Å². The normalized spacial score (nSPS) is 10.0. The summed E-state index contributed by atoms with van der Waals surface area (Å²) in [5.74, 6) is -0.165. The summed E-state index contributed by atoms with van der Waals surface area (Å²) in [6, 6.07) is 8.19. The Balaban J connectivity index is 2.28. The molecule has 0 fully saturated rings. The average molecular weight is 289 g/mol. The van der Waals surface area contributed by atoms with Gasteiger partial charge in [-0.15, -0.1) is 0 Å². The van der Waals surface area contributed by atoms with Gasteiger partial charge < -0.3 is 15.4 Å². The van der Waals surface area contributed by atoms with E-state index < -0.39 is 11.7 Å². The fourth-order valence-corrected chi connectivity index (χ4v) is 1.85. The standard InChI is InChI=1S/C15H16FN3O2/c1-3-21-13-7-5-4-6-12(13)19-15(20)11-8-10(16)9-18-14(11)17-2/h4-9H,3H2,1-2H3,(H,17,18)(H,19,20). The lowest BCUT2D eigenvalue weighted by molar-refractivity contribution is 0.102. The van der Waals surface area contributed by atoms with E-state index in [2.05, 4.69) is 15.6 Å². The quantitative estimate of drug-likeness (QED) is 0.888. The number of nitrogens with one attached hydrogen (secondary N) is 2. The highest BCUT2D eigenvalue weighted by molar-refractivity contribution is 6.08. The smallest absolute Gasteiger partial charge is 0.259 e. The first-order valence-corrected chi connectivity index (χ1v) is 6.52. The molecule has 0 bridgehead atoms. The largest absolute Gasteiger partial charge is 0.492 e. The van der Waals surface area contributed by atoms with Crippen LogP contribution in [0.2, 0.25) is 0 Å². The average Bonchev–Trinajstić information content (AvgIpc) is 2.49. The molecule has 1 heterocycles. The van der Waals surface area contributed by atoms with Crippen LogP contribution in [0, 0.1) is 5.82 Å². The third-order valence-corrected chi connectivity index (χ3v) is 2.77. The Kier molecular flexibility index (Phi) is 4.71. The summed E-state index contributed by atoms with van der Waals surface area (Å²) in [5, 5.41) is 5.46. The Morgan fingerprint density at radius 1 is 1.38 bits per heavy atom. The van der Waals surface area contributed by atoms with Gasteiger partial charge in [0, 0.05) is 7.05 Å². The first-order chi connectivity index (χ1) is 10.2. The third kappa shape index (κ3) is 3.47. The maximum absolute atomic E-state index is 13.3. The van der Waals surface area contributed by atoms with Gasteiger partial charge in [-0.1, -0.05) is 12.1 Å². The zero-order valence-corrected chi connectivity index (χ0v) is 11.8. The highest BCUT2D eigenvalue weighted by Crippen LogP contribution is 2.25. The van der Waals surface area contributed by atoms with Crippen molar-refractivity contribution < 1.29 is 13.9 Å². The molecule has 6 heteroatoms. The van der Waals surface area contributed by atoms with Crippen LogP contribution in [0.5, 0.6) is 5.75 Å². The van der Waals surface area contributed by atoms with Gasteiger partial charge in [0.25, 0.3) is 5.91 Å². The predicted octanol–water partition coefficient (Wildman–Crippen LogP) is 2.91. The second kappa shape index (κ2) is 6.69. The minimum Gasteiger partial charge on any atom is -0.492 e. The molecule has 0 spiro atoms. The van der Waals surface area contributed by atoms with Crippen molar-refractivity contribution in [3.63, 3.8) is 0 Å². The van der Waals surface area contributed by atoms with Crippen molar-refractivity contribution in [2.45, 2.75) is 6.92 Å². The van der Waals surface area contributed by atoms with E-state index >= 15 is 0 Å². The van der Waals surface area contributed by atoms with Crippen LogP contribution >= 0.6 is 0 Å². The lowest BCUT2D eigenvalue weighted by Gasteiger charge is -2.12. The number of halogens is 1. The maximum atomic E-state index is 13.3. The monoisotopic (exact) mass is 289 g/mol. The van der Waals surface area contributed by atoms with E-state index in [1.165, 1.54) is 0 Å². The van der Waals surface area contributed by atoms with Crippen LogP contribution < -0.4 is 15.4 Å². The fourth-order valence-electron chi connectivity index (χ4n) is 1.85. The third-order valence-electron chi connectivity index (χ3n) is 2.77. The molecule has 0 radical (unpaired) electrons. The molecular formula is C15H16FN3O2. The number of nitrogens with zero attached hydrogens (tertiary/aromatic N) is 1. The fraction of sp³-hybridized carbons (Fsp3) is 0.200. The number of carbonyl (C=O) groups excluding carboxylic acids is 1. The lowest BCUT2D eigenvalue weighted by atomic mass is 10.2. The zero-order chi connectivity index (χ0) is 15.2. The molecule has 0 aliphatic rings. The number of benzene rings is 1. The molecule has 5 nitrogen and oxygen atoms in total. The topological polar surface area (TPSA) is 63.2 Å². The van der Waals surface area contributed by atoms with E-state index in [-0.39, 0.29) is 5.56 Å². The van der Waals surface area contributed by atoms with Crippen molar-refractivity contribution in [3.8, 4) is 5.75 Å². The van der Waals surface area contributed by atoms with Crippen molar-refractivity contribution in [1.82, 2.24) is 4.98 Å². The van der Waals surface area contributed by atoms with Crippen LogP contribution in [-0.4, -0.2) is 24.5 Å². The van der Waals surface area contributed by atoms with E-state index in [4.69, 9.17) is 4.74 Å². The molecule has 2 N–H and O–H groups in total. The summed E-state index contributed by atoms with van der Waals surface area (Å²) < 4.78 is 18.7. The number of carbonyl (C=O) groups is 1. The summed E-state index contributed by atoms with van der Waals surface area (Å²) in [4.78, 5) is 16.1. The number of anilines is 2. The molecular weight excluding hydrogens is 273 g/mol. The number of para-hydroxylation sites is 2. The summed E-state index contributed by atoms with van der Waals surface area (Å²) in [7, 11) is 1.62. The molecule has 0 saturated heterocycles. The van der Waals surface area contributed by atoms with Crippen molar-refractivity contribution in [1.29, 1.82) is 0 Å². The van der Waals surface area contributed by atoms with Gasteiger partial charge >= 0.3 is 0 Å².